The molecular weight excluding hydrogens is 204 g/mol. The third-order valence-electron chi connectivity index (χ3n) is 3.37. The second-order valence-electron chi connectivity index (χ2n) is 4.52. The van der Waals surface area contributed by atoms with E-state index >= 15 is 0 Å². The zero-order valence-electron chi connectivity index (χ0n) is 9.61. The van der Waals surface area contributed by atoms with E-state index in [1.54, 1.807) is 11.8 Å². The number of nitrogens with one attached hydrogen (secondary N) is 1. The number of piperazine rings is 1. The number of amides is 2. The molecule has 0 aromatic rings. The van der Waals surface area contributed by atoms with E-state index in [-0.39, 0.29) is 17.9 Å². The fraction of sp³-hybridized carbons (Fsp3) is 0.667. The van der Waals surface area contributed by atoms with Crippen LogP contribution in [0.4, 0.5) is 0 Å². The van der Waals surface area contributed by atoms with Crippen molar-refractivity contribution in [3.05, 3.63) is 12.2 Å². The van der Waals surface area contributed by atoms with E-state index in [4.69, 9.17) is 0 Å². The van der Waals surface area contributed by atoms with Crippen LogP contribution in [0.1, 0.15) is 26.2 Å². The summed E-state index contributed by atoms with van der Waals surface area (Å²) in [4.78, 5) is 25.1. The van der Waals surface area contributed by atoms with E-state index in [0.717, 1.165) is 12.8 Å². The molecule has 4 heteroatoms. The largest absolute Gasteiger partial charge is 0.353 e. The fourth-order valence-corrected chi connectivity index (χ4v) is 2.33. The predicted molar refractivity (Wildman–Crippen MR) is 60.7 cm³/mol. The lowest BCUT2D eigenvalue weighted by Crippen LogP contribution is -2.56. The normalized spacial score (nSPS) is 29.3. The SMILES string of the molecule is CC1C(=O)NCCN1C(=O)CC1C=CCC1. The van der Waals surface area contributed by atoms with Crippen LogP contribution in [0, 0.1) is 5.92 Å². The van der Waals surface area contributed by atoms with E-state index in [1.165, 1.54) is 0 Å². The lowest BCUT2D eigenvalue weighted by molar-refractivity contribution is -0.142. The summed E-state index contributed by atoms with van der Waals surface area (Å²) in [7, 11) is 0. The molecule has 2 amide bonds. The molecule has 0 aromatic carbocycles. The maximum absolute atomic E-state index is 12.0. The number of hydrogen-bond donors (Lipinski definition) is 1. The molecule has 1 saturated heterocycles. The van der Waals surface area contributed by atoms with Crippen LogP contribution < -0.4 is 5.32 Å². The van der Waals surface area contributed by atoms with E-state index in [0.29, 0.717) is 25.4 Å². The Kier molecular flexibility index (Phi) is 3.27. The fourth-order valence-electron chi connectivity index (χ4n) is 2.33. The summed E-state index contributed by atoms with van der Waals surface area (Å²) in [5, 5.41) is 2.76. The van der Waals surface area contributed by atoms with Gasteiger partial charge in [0.25, 0.3) is 0 Å². The lowest BCUT2D eigenvalue weighted by atomic mass is 10.0. The third kappa shape index (κ3) is 2.26. The molecule has 1 aliphatic carbocycles. The molecule has 88 valence electrons. The molecule has 16 heavy (non-hydrogen) atoms. The van der Waals surface area contributed by atoms with Gasteiger partial charge < -0.3 is 10.2 Å². The summed E-state index contributed by atoms with van der Waals surface area (Å²) in [5.41, 5.74) is 0. The lowest BCUT2D eigenvalue weighted by Gasteiger charge is -2.33. The van der Waals surface area contributed by atoms with Crippen molar-refractivity contribution < 1.29 is 9.59 Å². The first-order chi connectivity index (χ1) is 7.68. The average molecular weight is 222 g/mol. The highest BCUT2D eigenvalue weighted by molar-refractivity contribution is 5.88. The second kappa shape index (κ2) is 4.68. The number of allylic oxidation sites excluding steroid dienone is 2. The van der Waals surface area contributed by atoms with Gasteiger partial charge in [-0.05, 0) is 25.7 Å². The Hall–Kier alpha value is -1.32. The third-order valence-corrected chi connectivity index (χ3v) is 3.37. The average Bonchev–Trinajstić information content (AvgIpc) is 2.74. The van der Waals surface area contributed by atoms with Gasteiger partial charge in [0.05, 0.1) is 0 Å². The molecular formula is C12H18N2O2. The standard InChI is InChI=1S/C12H18N2O2/c1-9-12(16)13-6-7-14(9)11(15)8-10-4-2-3-5-10/h2,4,9-10H,3,5-8H2,1H3,(H,13,16). The monoisotopic (exact) mass is 222 g/mol. The van der Waals surface area contributed by atoms with E-state index in [1.807, 2.05) is 0 Å². The van der Waals surface area contributed by atoms with Crippen LogP contribution in [-0.4, -0.2) is 35.8 Å². The van der Waals surface area contributed by atoms with Crippen LogP contribution in [0.15, 0.2) is 12.2 Å². The highest BCUT2D eigenvalue weighted by atomic mass is 16.2. The highest BCUT2D eigenvalue weighted by Crippen LogP contribution is 2.22. The van der Waals surface area contributed by atoms with E-state index in [2.05, 4.69) is 17.5 Å². The van der Waals surface area contributed by atoms with Crippen molar-refractivity contribution in [3.63, 3.8) is 0 Å². The molecule has 0 bridgehead atoms. The van der Waals surface area contributed by atoms with Crippen molar-refractivity contribution >= 4 is 11.8 Å². The number of carbonyl (C=O) groups is 2. The smallest absolute Gasteiger partial charge is 0.242 e. The van der Waals surface area contributed by atoms with Gasteiger partial charge in [-0.1, -0.05) is 12.2 Å². The topological polar surface area (TPSA) is 49.4 Å². The van der Waals surface area contributed by atoms with Crippen molar-refractivity contribution in [2.75, 3.05) is 13.1 Å². The molecule has 2 rings (SSSR count). The Bertz CT molecular complexity index is 325. The summed E-state index contributed by atoms with van der Waals surface area (Å²) in [5.74, 6) is 0.449. The van der Waals surface area contributed by atoms with E-state index < -0.39 is 0 Å². The summed E-state index contributed by atoms with van der Waals surface area (Å²) < 4.78 is 0. The van der Waals surface area contributed by atoms with Gasteiger partial charge in [0.2, 0.25) is 11.8 Å². The molecule has 0 saturated carbocycles. The Morgan fingerprint density at radius 2 is 2.44 bits per heavy atom. The van der Waals surface area contributed by atoms with Gasteiger partial charge in [-0.3, -0.25) is 9.59 Å². The number of carbonyl (C=O) groups excluding carboxylic acids is 2. The molecule has 0 spiro atoms. The molecule has 2 unspecified atom stereocenters. The van der Waals surface area contributed by atoms with Gasteiger partial charge in [0.15, 0.2) is 0 Å². The van der Waals surface area contributed by atoms with Crippen LogP contribution in [0.3, 0.4) is 0 Å². The van der Waals surface area contributed by atoms with E-state index in [9.17, 15) is 9.59 Å². The first kappa shape index (κ1) is 11.2. The van der Waals surface area contributed by atoms with Gasteiger partial charge in [-0.25, -0.2) is 0 Å². The zero-order chi connectivity index (χ0) is 11.5. The first-order valence-corrected chi connectivity index (χ1v) is 5.92. The Labute approximate surface area is 95.7 Å². The van der Waals surface area contributed by atoms with Crippen LogP contribution in [0.5, 0.6) is 0 Å². The number of nitrogens with zero attached hydrogens (tertiary/aromatic N) is 1. The molecule has 1 aliphatic heterocycles. The summed E-state index contributed by atoms with van der Waals surface area (Å²) >= 11 is 0. The van der Waals surface area contributed by atoms with Gasteiger partial charge in [-0.15, -0.1) is 0 Å². The van der Waals surface area contributed by atoms with Crippen molar-refractivity contribution in [3.8, 4) is 0 Å². The van der Waals surface area contributed by atoms with Gasteiger partial charge in [0, 0.05) is 19.5 Å². The molecule has 0 radical (unpaired) electrons. The highest BCUT2D eigenvalue weighted by Gasteiger charge is 2.30. The van der Waals surface area contributed by atoms with Crippen LogP contribution in [0.2, 0.25) is 0 Å². The zero-order valence-corrected chi connectivity index (χ0v) is 9.61. The van der Waals surface area contributed by atoms with Crippen molar-refractivity contribution in [2.24, 2.45) is 5.92 Å². The molecule has 2 aliphatic rings. The first-order valence-electron chi connectivity index (χ1n) is 5.92. The molecule has 0 aromatic heterocycles. The molecule has 1 heterocycles. The number of rotatable bonds is 2. The van der Waals surface area contributed by atoms with Crippen molar-refractivity contribution in [1.82, 2.24) is 10.2 Å². The Balaban J connectivity index is 1.92. The van der Waals surface area contributed by atoms with Crippen LogP contribution in [0.25, 0.3) is 0 Å². The summed E-state index contributed by atoms with van der Waals surface area (Å²) in [6, 6.07) is -0.313. The van der Waals surface area contributed by atoms with Gasteiger partial charge in [-0.2, -0.15) is 0 Å². The van der Waals surface area contributed by atoms with Crippen molar-refractivity contribution in [1.29, 1.82) is 0 Å². The summed E-state index contributed by atoms with van der Waals surface area (Å²) in [6.07, 6.45) is 6.94. The Morgan fingerprint density at radius 1 is 1.62 bits per heavy atom. The predicted octanol–water partition coefficient (Wildman–Crippen LogP) is 0.690. The molecule has 2 atom stereocenters. The minimum atomic E-state index is -0.313. The molecule has 1 N–H and O–H groups in total. The maximum Gasteiger partial charge on any atom is 0.242 e. The molecule has 1 fully saturated rings. The number of hydrogen-bond acceptors (Lipinski definition) is 2. The van der Waals surface area contributed by atoms with Crippen LogP contribution >= 0.6 is 0 Å². The minimum Gasteiger partial charge on any atom is -0.353 e. The summed E-state index contributed by atoms with van der Waals surface area (Å²) in [6.45, 7) is 3.01. The second-order valence-corrected chi connectivity index (χ2v) is 4.52. The minimum absolute atomic E-state index is 0.0402. The molecule has 4 nitrogen and oxygen atoms in total. The van der Waals surface area contributed by atoms with Gasteiger partial charge in [0.1, 0.15) is 6.04 Å². The van der Waals surface area contributed by atoms with Crippen molar-refractivity contribution in [2.45, 2.75) is 32.2 Å². The Morgan fingerprint density at radius 3 is 3.12 bits per heavy atom. The van der Waals surface area contributed by atoms with Gasteiger partial charge >= 0.3 is 0 Å². The van der Waals surface area contributed by atoms with Crippen LogP contribution in [-0.2, 0) is 9.59 Å². The maximum atomic E-state index is 12.0. The quantitative estimate of drug-likeness (QED) is 0.699.